The second-order valence-corrected chi connectivity index (χ2v) is 3.67. The molecule has 1 atom stereocenters. The number of pyridine rings is 1. The van der Waals surface area contributed by atoms with E-state index in [9.17, 15) is 14.7 Å². The van der Waals surface area contributed by atoms with E-state index in [4.69, 9.17) is 4.74 Å². The lowest BCUT2D eigenvalue weighted by Gasteiger charge is -2.23. The molecular formula is C11H12N2O4. The fourth-order valence-electron chi connectivity index (χ4n) is 1.82. The Morgan fingerprint density at radius 2 is 2.24 bits per heavy atom. The molecule has 2 rings (SSSR count). The largest absolute Gasteiger partial charge is 0.394 e. The van der Waals surface area contributed by atoms with Crippen molar-refractivity contribution in [1.29, 1.82) is 0 Å². The van der Waals surface area contributed by atoms with Crippen LogP contribution in [0.15, 0.2) is 18.3 Å². The monoisotopic (exact) mass is 236 g/mol. The van der Waals surface area contributed by atoms with Gasteiger partial charge in [0.05, 0.1) is 24.8 Å². The van der Waals surface area contributed by atoms with Gasteiger partial charge in [0.1, 0.15) is 5.69 Å². The van der Waals surface area contributed by atoms with Crippen molar-refractivity contribution < 1.29 is 19.4 Å². The SMILES string of the molecule is COCC(CO)N1C(=O)c2cccnc2C1=O. The third kappa shape index (κ3) is 1.81. The minimum absolute atomic E-state index is 0.0992. The molecule has 0 aliphatic carbocycles. The molecule has 0 bridgehead atoms. The minimum Gasteiger partial charge on any atom is -0.394 e. The number of carbonyl (C=O) groups is 2. The van der Waals surface area contributed by atoms with Gasteiger partial charge < -0.3 is 9.84 Å². The van der Waals surface area contributed by atoms with Crippen LogP contribution in [0.4, 0.5) is 0 Å². The summed E-state index contributed by atoms with van der Waals surface area (Å²) in [7, 11) is 1.44. The van der Waals surface area contributed by atoms with Crippen molar-refractivity contribution in [2.45, 2.75) is 6.04 Å². The van der Waals surface area contributed by atoms with Gasteiger partial charge in [-0.2, -0.15) is 0 Å². The van der Waals surface area contributed by atoms with E-state index in [1.807, 2.05) is 0 Å². The molecule has 1 aromatic rings. The maximum absolute atomic E-state index is 12.0. The number of hydrogen-bond donors (Lipinski definition) is 1. The molecule has 1 N–H and O–H groups in total. The summed E-state index contributed by atoms with van der Waals surface area (Å²) in [5.74, 6) is -0.920. The molecule has 90 valence electrons. The second-order valence-electron chi connectivity index (χ2n) is 3.67. The molecule has 0 aromatic carbocycles. The number of nitrogens with zero attached hydrogens (tertiary/aromatic N) is 2. The predicted octanol–water partition coefficient (Wildman–Crippen LogP) is -0.315. The van der Waals surface area contributed by atoms with Crippen LogP contribution in [-0.4, -0.2) is 53.2 Å². The lowest BCUT2D eigenvalue weighted by Crippen LogP contribution is -2.44. The number of ether oxygens (including phenoxy) is 1. The number of aliphatic hydroxyl groups is 1. The molecule has 1 aromatic heterocycles. The number of aromatic nitrogens is 1. The van der Waals surface area contributed by atoms with Gasteiger partial charge in [-0.05, 0) is 12.1 Å². The van der Waals surface area contributed by atoms with E-state index in [2.05, 4.69) is 4.98 Å². The first kappa shape index (κ1) is 11.7. The third-order valence-electron chi connectivity index (χ3n) is 2.61. The van der Waals surface area contributed by atoms with Gasteiger partial charge in [0.25, 0.3) is 11.8 Å². The first-order valence-electron chi connectivity index (χ1n) is 5.13. The maximum atomic E-state index is 12.0. The summed E-state index contributed by atoms with van der Waals surface area (Å²) >= 11 is 0. The Kier molecular flexibility index (Phi) is 3.16. The lowest BCUT2D eigenvalue weighted by atomic mass is 10.2. The fraction of sp³-hybridized carbons (Fsp3) is 0.364. The van der Waals surface area contributed by atoms with Crippen LogP contribution in [0.5, 0.6) is 0 Å². The van der Waals surface area contributed by atoms with Crippen molar-refractivity contribution in [1.82, 2.24) is 9.88 Å². The van der Waals surface area contributed by atoms with Crippen LogP contribution >= 0.6 is 0 Å². The minimum atomic E-state index is -0.672. The quantitative estimate of drug-likeness (QED) is 0.725. The molecule has 0 radical (unpaired) electrons. The molecule has 0 saturated carbocycles. The Hall–Kier alpha value is -1.79. The van der Waals surface area contributed by atoms with Crippen molar-refractivity contribution in [3.05, 3.63) is 29.6 Å². The number of hydrogen-bond acceptors (Lipinski definition) is 5. The third-order valence-corrected chi connectivity index (χ3v) is 2.61. The molecule has 0 spiro atoms. The lowest BCUT2D eigenvalue weighted by molar-refractivity contribution is 0.0355. The molecule has 0 fully saturated rings. The Bertz CT molecular complexity index is 426. The number of carbonyl (C=O) groups excluding carboxylic acids is 2. The summed E-state index contributed by atoms with van der Waals surface area (Å²) in [6.45, 7) is -0.235. The summed E-state index contributed by atoms with van der Waals surface area (Å²) in [6.07, 6.45) is 1.46. The predicted molar refractivity (Wildman–Crippen MR) is 57.5 cm³/mol. The van der Waals surface area contributed by atoms with E-state index < -0.39 is 17.9 Å². The molecule has 1 aliphatic heterocycles. The van der Waals surface area contributed by atoms with Gasteiger partial charge >= 0.3 is 0 Å². The average molecular weight is 236 g/mol. The van der Waals surface area contributed by atoms with Gasteiger partial charge in [0, 0.05) is 13.3 Å². The summed E-state index contributed by atoms with van der Waals surface area (Å²) in [5.41, 5.74) is 0.402. The Balaban J connectivity index is 2.35. The smallest absolute Gasteiger partial charge is 0.280 e. The van der Waals surface area contributed by atoms with Gasteiger partial charge in [0.2, 0.25) is 0 Å². The van der Waals surface area contributed by atoms with Crippen molar-refractivity contribution in [3.63, 3.8) is 0 Å². The molecule has 0 saturated heterocycles. The van der Waals surface area contributed by atoms with Gasteiger partial charge in [-0.3, -0.25) is 19.5 Å². The summed E-state index contributed by atoms with van der Waals surface area (Å²) < 4.78 is 4.88. The number of amides is 2. The van der Waals surface area contributed by atoms with Crippen LogP contribution in [0.25, 0.3) is 0 Å². The molecule has 1 aliphatic rings. The Labute approximate surface area is 97.8 Å². The number of rotatable bonds is 4. The standard InChI is InChI=1S/C11H12N2O4/c1-17-6-7(5-14)13-10(15)8-3-2-4-12-9(8)11(13)16/h2-4,7,14H,5-6H2,1H3. The van der Waals surface area contributed by atoms with Gasteiger partial charge in [-0.15, -0.1) is 0 Å². The summed E-state index contributed by atoms with van der Waals surface area (Å²) in [5, 5.41) is 9.19. The van der Waals surface area contributed by atoms with Crippen LogP contribution in [0, 0.1) is 0 Å². The highest BCUT2D eigenvalue weighted by Gasteiger charge is 2.40. The molecule has 2 heterocycles. The van der Waals surface area contributed by atoms with E-state index in [-0.39, 0.29) is 24.5 Å². The first-order valence-corrected chi connectivity index (χ1v) is 5.13. The highest BCUT2D eigenvalue weighted by Crippen LogP contribution is 2.22. The second kappa shape index (κ2) is 4.60. The summed E-state index contributed by atoms with van der Waals surface area (Å²) in [4.78, 5) is 28.8. The zero-order chi connectivity index (χ0) is 12.4. The maximum Gasteiger partial charge on any atom is 0.280 e. The van der Waals surface area contributed by atoms with Gasteiger partial charge in [-0.25, -0.2) is 0 Å². The Morgan fingerprint density at radius 3 is 2.82 bits per heavy atom. The van der Waals surface area contributed by atoms with E-state index >= 15 is 0 Å². The fourth-order valence-corrected chi connectivity index (χ4v) is 1.82. The molecule has 1 unspecified atom stereocenters. The van der Waals surface area contributed by atoms with E-state index in [0.29, 0.717) is 0 Å². The molecule has 6 nitrogen and oxygen atoms in total. The highest BCUT2D eigenvalue weighted by atomic mass is 16.5. The molecule has 17 heavy (non-hydrogen) atoms. The van der Waals surface area contributed by atoms with Crippen LogP contribution in [0.3, 0.4) is 0 Å². The van der Waals surface area contributed by atoms with E-state index in [1.165, 1.54) is 13.3 Å². The highest BCUT2D eigenvalue weighted by molar-refractivity contribution is 6.20. The van der Waals surface area contributed by atoms with Gasteiger partial charge in [-0.1, -0.05) is 0 Å². The van der Waals surface area contributed by atoms with Crippen LogP contribution in [0.2, 0.25) is 0 Å². The average Bonchev–Trinajstić information content (AvgIpc) is 2.61. The normalized spacial score (nSPS) is 16.2. The van der Waals surface area contributed by atoms with Crippen molar-refractivity contribution in [2.24, 2.45) is 0 Å². The number of methoxy groups -OCH3 is 1. The van der Waals surface area contributed by atoms with E-state index in [0.717, 1.165) is 4.90 Å². The van der Waals surface area contributed by atoms with Gasteiger partial charge in [0.15, 0.2) is 0 Å². The topological polar surface area (TPSA) is 79.7 Å². The van der Waals surface area contributed by atoms with Crippen molar-refractivity contribution >= 4 is 11.8 Å². The molecule has 2 amide bonds. The first-order chi connectivity index (χ1) is 8.20. The van der Waals surface area contributed by atoms with Crippen LogP contribution in [-0.2, 0) is 4.74 Å². The zero-order valence-corrected chi connectivity index (χ0v) is 9.29. The summed E-state index contributed by atoms with van der Waals surface area (Å²) in [6, 6.07) is 2.47. The van der Waals surface area contributed by atoms with Crippen molar-refractivity contribution in [2.75, 3.05) is 20.3 Å². The number of fused-ring (bicyclic) bond motifs is 1. The Morgan fingerprint density at radius 1 is 1.47 bits per heavy atom. The molecule has 6 heteroatoms. The van der Waals surface area contributed by atoms with Crippen LogP contribution in [0.1, 0.15) is 20.8 Å². The zero-order valence-electron chi connectivity index (χ0n) is 9.29. The van der Waals surface area contributed by atoms with E-state index in [1.54, 1.807) is 12.1 Å². The number of aliphatic hydroxyl groups excluding tert-OH is 1. The number of imide groups is 1. The van der Waals surface area contributed by atoms with Crippen molar-refractivity contribution in [3.8, 4) is 0 Å². The van der Waals surface area contributed by atoms with Crippen LogP contribution < -0.4 is 0 Å². The molecular weight excluding hydrogens is 224 g/mol.